The van der Waals surface area contributed by atoms with Crippen LogP contribution in [0.25, 0.3) is 0 Å². The lowest BCUT2D eigenvalue weighted by Crippen LogP contribution is -2.36. The molecule has 1 aliphatic carbocycles. The Morgan fingerprint density at radius 3 is 2.77 bits per heavy atom. The predicted octanol–water partition coefficient (Wildman–Crippen LogP) is 2.59. The Hall–Kier alpha value is -0.440. The molecule has 0 spiro atoms. The molecule has 0 saturated carbocycles. The van der Waals surface area contributed by atoms with E-state index in [0.29, 0.717) is 5.92 Å². The molecule has 1 rings (SSSR count). The summed E-state index contributed by atoms with van der Waals surface area (Å²) in [5.41, 5.74) is 0. The Balaban J connectivity index is 2.14. The van der Waals surface area contributed by atoms with Gasteiger partial charge in [-0.3, -0.25) is 0 Å². The molecule has 0 saturated heterocycles. The van der Waals surface area contributed by atoms with E-state index in [0.717, 1.165) is 25.8 Å². The van der Waals surface area contributed by atoms with E-state index in [2.05, 4.69) is 17.5 Å². The SMILES string of the molecule is CC(NCC1CC=CCC1)C(F)F. The second kappa shape index (κ2) is 5.32. The van der Waals surface area contributed by atoms with Crippen LogP contribution >= 0.6 is 0 Å². The summed E-state index contributed by atoms with van der Waals surface area (Å²) in [4.78, 5) is 0. The molecule has 13 heavy (non-hydrogen) atoms. The number of alkyl halides is 2. The van der Waals surface area contributed by atoms with E-state index in [4.69, 9.17) is 0 Å². The number of hydrogen-bond donors (Lipinski definition) is 1. The van der Waals surface area contributed by atoms with Crippen molar-refractivity contribution in [3.8, 4) is 0 Å². The van der Waals surface area contributed by atoms with Gasteiger partial charge >= 0.3 is 0 Å². The van der Waals surface area contributed by atoms with Gasteiger partial charge in [-0.05, 0) is 38.6 Å². The van der Waals surface area contributed by atoms with Gasteiger partial charge in [-0.15, -0.1) is 0 Å². The minimum Gasteiger partial charge on any atom is -0.309 e. The smallest absolute Gasteiger partial charge is 0.253 e. The van der Waals surface area contributed by atoms with Crippen LogP contribution in [0.2, 0.25) is 0 Å². The van der Waals surface area contributed by atoms with Crippen LogP contribution in [0.15, 0.2) is 12.2 Å². The number of allylic oxidation sites excluding steroid dienone is 2. The van der Waals surface area contributed by atoms with Crippen molar-refractivity contribution in [2.45, 2.75) is 38.7 Å². The lowest BCUT2D eigenvalue weighted by molar-refractivity contribution is 0.104. The summed E-state index contributed by atoms with van der Waals surface area (Å²) < 4.78 is 24.2. The van der Waals surface area contributed by atoms with Crippen molar-refractivity contribution in [2.75, 3.05) is 6.54 Å². The van der Waals surface area contributed by atoms with E-state index in [9.17, 15) is 8.78 Å². The molecule has 3 heteroatoms. The van der Waals surface area contributed by atoms with Crippen LogP contribution in [0.1, 0.15) is 26.2 Å². The number of hydrogen-bond acceptors (Lipinski definition) is 1. The average molecular weight is 189 g/mol. The van der Waals surface area contributed by atoms with Crippen molar-refractivity contribution in [1.82, 2.24) is 5.32 Å². The highest BCUT2D eigenvalue weighted by molar-refractivity contribution is 4.90. The van der Waals surface area contributed by atoms with Gasteiger partial charge in [0.15, 0.2) is 0 Å². The van der Waals surface area contributed by atoms with Crippen LogP contribution in [0.5, 0.6) is 0 Å². The molecule has 0 radical (unpaired) electrons. The van der Waals surface area contributed by atoms with E-state index in [-0.39, 0.29) is 0 Å². The van der Waals surface area contributed by atoms with Crippen molar-refractivity contribution in [2.24, 2.45) is 5.92 Å². The van der Waals surface area contributed by atoms with Crippen LogP contribution in [0.3, 0.4) is 0 Å². The van der Waals surface area contributed by atoms with Gasteiger partial charge in [-0.1, -0.05) is 12.2 Å². The zero-order valence-corrected chi connectivity index (χ0v) is 7.97. The highest BCUT2D eigenvalue weighted by Gasteiger charge is 2.16. The molecule has 0 amide bonds. The van der Waals surface area contributed by atoms with Gasteiger partial charge in [0.2, 0.25) is 0 Å². The first kappa shape index (κ1) is 10.6. The Labute approximate surface area is 78.2 Å². The molecule has 1 aliphatic rings. The maximum absolute atomic E-state index is 12.1. The zero-order valence-electron chi connectivity index (χ0n) is 7.97. The summed E-state index contributed by atoms with van der Waals surface area (Å²) in [6.07, 6.45) is 5.30. The first-order chi connectivity index (χ1) is 6.20. The van der Waals surface area contributed by atoms with Gasteiger partial charge in [0, 0.05) is 0 Å². The van der Waals surface area contributed by atoms with Crippen molar-refractivity contribution in [1.29, 1.82) is 0 Å². The standard InChI is InChI=1S/C10H17F2N/c1-8(10(11)12)13-7-9-5-3-2-4-6-9/h2-3,8-10,13H,4-7H2,1H3. The minimum atomic E-state index is -2.25. The molecule has 0 aromatic carbocycles. The van der Waals surface area contributed by atoms with Crippen LogP contribution in [0.4, 0.5) is 8.78 Å². The maximum Gasteiger partial charge on any atom is 0.253 e. The molecule has 1 nitrogen and oxygen atoms in total. The molecular formula is C10H17F2N. The van der Waals surface area contributed by atoms with Gasteiger partial charge in [0.25, 0.3) is 6.43 Å². The fourth-order valence-corrected chi connectivity index (χ4v) is 1.48. The Morgan fingerprint density at radius 2 is 2.23 bits per heavy atom. The molecule has 0 bridgehead atoms. The minimum absolute atomic E-state index is 0.547. The average Bonchev–Trinajstić information content (AvgIpc) is 2.15. The fourth-order valence-electron chi connectivity index (χ4n) is 1.48. The van der Waals surface area contributed by atoms with Gasteiger partial charge in [-0.25, -0.2) is 8.78 Å². The summed E-state index contributed by atoms with van der Waals surface area (Å²) >= 11 is 0. The molecule has 0 fully saturated rings. The highest BCUT2D eigenvalue weighted by Crippen LogP contribution is 2.17. The molecule has 1 N–H and O–H groups in total. The van der Waals surface area contributed by atoms with E-state index >= 15 is 0 Å². The predicted molar refractivity (Wildman–Crippen MR) is 49.9 cm³/mol. The number of nitrogens with one attached hydrogen (secondary N) is 1. The maximum atomic E-state index is 12.1. The van der Waals surface area contributed by atoms with E-state index in [1.165, 1.54) is 6.92 Å². The van der Waals surface area contributed by atoms with Gasteiger partial charge in [0.05, 0.1) is 6.04 Å². The zero-order chi connectivity index (χ0) is 9.68. The summed E-state index contributed by atoms with van der Waals surface area (Å²) in [7, 11) is 0. The molecule has 0 aromatic heterocycles. The molecule has 2 atom stereocenters. The van der Waals surface area contributed by atoms with Gasteiger partial charge in [-0.2, -0.15) is 0 Å². The first-order valence-corrected chi connectivity index (χ1v) is 4.86. The van der Waals surface area contributed by atoms with Crippen LogP contribution in [0, 0.1) is 5.92 Å². The van der Waals surface area contributed by atoms with Crippen LogP contribution in [-0.2, 0) is 0 Å². The largest absolute Gasteiger partial charge is 0.309 e. The normalized spacial score (nSPS) is 25.1. The van der Waals surface area contributed by atoms with E-state index < -0.39 is 12.5 Å². The Morgan fingerprint density at radius 1 is 1.46 bits per heavy atom. The molecule has 0 aliphatic heterocycles. The summed E-state index contributed by atoms with van der Waals surface area (Å²) in [6, 6.07) is -0.675. The van der Waals surface area contributed by atoms with Crippen LogP contribution < -0.4 is 5.32 Å². The quantitative estimate of drug-likeness (QED) is 0.670. The second-order valence-electron chi connectivity index (χ2n) is 3.68. The summed E-state index contributed by atoms with van der Waals surface area (Å²) in [5.74, 6) is 0.547. The fraction of sp³-hybridized carbons (Fsp3) is 0.800. The second-order valence-corrected chi connectivity index (χ2v) is 3.68. The van der Waals surface area contributed by atoms with Crippen molar-refractivity contribution < 1.29 is 8.78 Å². The third-order valence-electron chi connectivity index (χ3n) is 2.48. The lowest BCUT2D eigenvalue weighted by atomic mass is 9.94. The topological polar surface area (TPSA) is 12.0 Å². The van der Waals surface area contributed by atoms with E-state index in [1.807, 2.05) is 0 Å². The monoisotopic (exact) mass is 189 g/mol. The Kier molecular flexibility index (Phi) is 4.36. The third-order valence-corrected chi connectivity index (χ3v) is 2.48. The van der Waals surface area contributed by atoms with Gasteiger partial charge < -0.3 is 5.32 Å². The van der Waals surface area contributed by atoms with E-state index in [1.54, 1.807) is 0 Å². The third kappa shape index (κ3) is 3.85. The van der Waals surface area contributed by atoms with Gasteiger partial charge in [0.1, 0.15) is 0 Å². The number of rotatable bonds is 4. The van der Waals surface area contributed by atoms with Crippen molar-refractivity contribution >= 4 is 0 Å². The molecule has 0 heterocycles. The Bertz CT molecular complexity index is 168. The molecule has 0 aromatic rings. The molecule has 76 valence electrons. The molecular weight excluding hydrogens is 172 g/mol. The first-order valence-electron chi connectivity index (χ1n) is 4.86. The van der Waals surface area contributed by atoms with Crippen molar-refractivity contribution in [3.05, 3.63) is 12.2 Å². The summed E-state index contributed by atoms with van der Waals surface area (Å²) in [5, 5.41) is 2.87. The summed E-state index contributed by atoms with van der Waals surface area (Å²) in [6.45, 7) is 2.25. The lowest BCUT2D eigenvalue weighted by Gasteiger charge is -2.20. The van der Waals surface area contributed by atoms with Crippen molar-refractivity contribution in [3.63, 3.8) is 0 Å². The number of halogens is 2. The molecule has 2 unspecified atom stereocenters. The van der Waals surface area contributed by atoms with Crippen LogP contribution in [-0.4, -0.2) is 19.0 Å². The highest BCUT2D eigenvalue weighted by atomic mass is 19.3.